The van der Waals surface area contributed by atoms with Gasteiger partial charge in [0.2, 0.25) is 0 Å². The SMILES string of the molecule is CCC1CCC(C2CC=C(c3ccc(S(F)(F)(F)(F)F)cc3)CC2)CC1. The van der Waals surface area contributed by atoms with Gasteiger partial charge in [-0.05, 0) is 73.1 Å². The Morgan fingerprint density at radius 1 is 0.846 bits per heavy atom. The quantitative estimate of drug-likeness (QED) is 0.448. The van der Waals surface area contributed by atoms with Gasteiger partial charge in [0.1, 0.15) is 4.90 Å². The van der Waals surface area contributed by atoms with E-state index in [1.165, 1.54) is 44.2 Å². The second-order valence-electron chi connectivity index (χ2n) is 7.95. The van der Waals surface area contributed by atoms with Gasteiger partial charge in [0.25, 0.3) is 0 Å². The molecule has 0 aromatic heterocycles. The first-order chi connectivity index (χ1) is 12.0. The number of hydrogen-bond acceptors (Lipinski definition) is 0. The van der Waals surface area contributed by atoms with E-state index in [0.29, 0.717) is 23.6 Å². The molecule has 0 aliphatic heterocycles. The summed E-state index contributed by atoms with van der Waals surface area (Å²) in [5, 5.41) is 0. The zero-order chi connectivity index (χ0) is 19.1. The molecule has 26 heavy (non-hydrogen) atoms. The fourth-order valence-corrected chi connectivity index (χ4v) is 5.19. The summed E-state index contributed by atoms with van der Waals surface area (Å²) < 4.78 is 64.1. The molecule has 1 atom stereocenters. The van der Waals surface area contributed by atoms with Crippen LogP contribution in [0.2, 0.25) is 0 Å². The lowest BCUT2D eigenvalue weighted by molar-refractivity contribution is 0.192. The van der Waals surface area contributed by atoms with Gasteiger partial charge in [-0.15, -0.1) is 0 Å². The van der Waals surface area contributed by atoms with Gasteiger partial charge in [-0.2, -0.15) is 0 Å². The molecule has 6 heteroatoms. The van der Waals surface area contributed by atoms with Crippen LogP contribution in [-0.4, -0.2) is 0 Å². The Morgan fingerprint density at radius 2 is 1.46 bits per heavy atom. The molecule has 0 nitrogen and oxygen atoms in total. The van der Waals surface area contributed by atoms with E-state index in [-0.39, 0.29) is 0 Å². The van der Waals surface area contributed by atoms with Crippen molar-refractivity contribution in [3.63, 3.8) is 0 Å². The van der Waals surface area contributed by atoms with Crippen LogP contribution in [0, 0.1) is 17.8 Å². The predicted molar refractivity (Wildman–Crippen MR) is 98.9 cm³/mol. The Morgan fingerprint density at radius 3 is 1.92 bits per heavy atom. The summed E-state index contributed by atoms with van der Waals surface area (Å²) in [5.74, 6) is 2.28. The average Bonchev–Trinajstić information content (AvgIpc) is 2.60. The number of allylic oxidation sites excluding steroid dienone is 2. The normalized spacial score (nSPS) is 30.2. The minimum absolute atomic E-state index is 0.524. The van der Waals surface area contributed by atoms with E-state index in [4.69, 9.17) is 0 Å². The van der Waals surface area contributed by atoms with Crippen LogP contribution in [0.1, 0.15) is 63.9 Å². The molecule has 148 valence electrons. The molecule has 0 bridgehead atoms. The first-order valence-electron chi connectivity index (χ1n) is 9.50. The summed E-state index contributed by atoms with van der Waals surface area (Å²) in [6.07, 6.45) is 11.3. The van der Waals surface area contributed by atoms with Crippen molar-refractivity contribution in [2.75, 3.05) is 0 Å². The molecule has 0 radical (unpaired) electrons. The maximum Gasteiger partial charge on any atom is 0.310 e. The smallest absolute Gasteiger partial charge is 0.0936 e. The Hall–Kier alpha value is -1.04. The predicted octanol–water partition coefficient (Wildman–Crippen LogP) is 8.74. The molecule has 1 saturated carbocycles. The van der Waals surface area contributed by atoms with Gasteiger partial charge in [-0.3, -0.25) is 0 Å². The third kappa shape index (κ3) is 4.62. The van der Waals surface area contributed by atoms with E-state index in [0.717, 1.165) is 36.7 Å². The average molecular weight is 394 g/mol. The number of benzene rings is 1. The van der Waals surface area contributed by atoms with Gasteiger partial charge < -0.3 is 0 Å². The zero-order valence-electron chi connectivity index (χ0n) is 15.1. The highest BCUT2D eigenvalue weighted by molar-refractivity contribution is 8.45. The molecule has 0 heterocycles. The van der Waals surface area contributed by atoms with Crippen molar-refractivity contribution >= 4 is 15.8 Å². The third-order valence-corrected chi connectivity index (χ3v) is 7.42. The van der Waals surface area contributed by atoms with Gasteiger partial charge in [-0.25, -0.2) is 0 Å². The molecule has 0 saturated heterocycles. The van der Waals surface area contributed by atoms with Crippen LogP contribution in [0.3, 0.4) is 0 Å². The van der Waals surface area contributed by atoms with Gasteiger partial charge in [0.15, 0.2) is 0 Å². The second-order valence-corrected chi connectivity index (χ2v) is 10.4. The second kappa shape index (κ2) is 6.25. The lowest BCUT2D eigenvalue weighted by Crippen LogP contribution is -2.22. The summed E-state index contributed by atoms with van der Waals surface area (Å²) in [7, 11) is -9.58. The molecule has 2 aliphatic rings. The van der Waals surface area contributed by atoms with Crippen LogP contribution in [0.15, 0.2) is 35.2 Å². The Balaban J connectivity index is 1.65. The number of halogens is 5. The highest BCUT2D eigenvalue weighted by Crippen LogP contribution is 3.02. The summed E-state index contributed by atoms with van der Waals surface area (Å²) in [4.78, 5) is -1.81. The molecule has 0 N–H and O–H groups in total. The maximum absolute atomic E-state index is 12.8. The fraction of sp³-hybridized carbons (Fsp3) is 0.600. The highest BCUT2D eigenvalue weighted by atomic mass is 32.5. The van der Waals surface area contributed by atoms with Crippen LogP contribution < -0.4 is 0 Å². The van der Waals surface area contributed by atoms with Crippen molar-refractivity contribution in [1.29, 1.82) is 0 Å². The highest BCUT2D eigenvalue weighted by Gasteiger charge is 2.65. The van der Waals surface area contributed by atoms with Crippen molar-refractivity contribution < 1.29 is 19.4 Å². The van der Waals surface area contributed by atoms with E-state index in [1.807, 2.05) is 0 Å². The van der Waals surface area contributed by atoms with Crippen LogP contribution in [0.4, 0.5) is 19.4 Å². The summed E-state index contributed by atoms with van der Waals surface area (Å²) in [6, 6.07) is 3.42. The maximum atomic E-state index is 12.8. The fourth-order valence-electron chi connectivity index (χ4n) is 4.54. The largest absolute Gasteiger partial charge is 0.310 e. The minimum atomic E-state index is -9.58. The molecular weight excluding hydrogens is 367 g/mol. The van der Waals surface area contributed by atoms with E-state index >= 15 is 0 Å². The number of rotatable bonds is 4. The zero-order valence-corrected chi connectivity index (χ0v) is 15.9. The molecule has 0 amide bonds. The summed E-state index contributed by atoms with van der Waals surface area (Å²) in [6.45, 7) is 2.25. The van der Waals surface area contributed by atoms with E-state index in [1.54, 1.807) is 0 Å². The van der Waals surface area contributed by atoms with Gasteiger partial charge in [0.05, 0.1) is 0 Å². The molecule has 1 aromatic carbocycles. The number of hydrogen-bond donors (Lipinski definition) is 0. The van der Waals surface area contributed by atoms with Crippen LogP contribution in [0.5, 0.6) is 0 Å². The Labute approximate surface area is 152 Å². The molecule has 3 rings (SSSR count). The van der Waals surface area contributed by atoms with E-state index in [9.17, 15) is 19.4 Å². The lowest BCUT2D eigenvalue weighted by Gasteiger charge is -2.40. The first-order valence-corrected chi connectivity index (χ1v) is 11.4. The summed E-state index contributed by atoms with van der Waals surface area (Å²) >= 11 is 0. The third-order valence-electron chi connectivity index (χ3n) is 6.26. The van der Waals surface area contributed by atoms with Crippen LogP contribution in [0.25, 0.3) is 5.57 Å². The lowest BCUT2D eigenvalue weighted by atomic mass is 9.70. The topological polar surface area (TPSA) is 0 Å². The van der Waals surface area contributed by atoms with Crippen molar-refractivity contribution in [2.24, 2.45) is 17.8 Å². The molecule has 2 aliphatic carbocycles. The van der Waals surface area contributed by atoms with Gasteiger partial charge in [0, 0.05) is 0 Å². The van der Waals surface area contributed by atoms with Crippen molar-refractivity contribution in [1.82, 2.24) is 0 Å². The van der Waals surface area contributed by atoms with Crippen LogP contribution >= 0.6 is 10.2 Å². The van der Waals surface area contributed by atoms with E-state index in [2.05, 4.69) is 13.0 Å². The van der Waals surface area contributed by atoms with Crippen molar-refractivity contribution in [2.45, 2.75) is 63.2 Å². The Kier molecular flexibility index (Phi) is 4.74. The monoisotopic (exact) mass is 394 g/mol. The standard InChI is InChI=1S/C20H27F5S/c1-2-15-3-5-16(6-4-15)17-7-9-18(10-8-17)19-11-13-20(14-12-19)26(21,22,23,24)25/h9,11-17H,2-8,10H2,1H3. The molecular formula is C20H27F5S. The van der Waals surface area contributed by atoms with E-state index < -0.39 is 15.1 Å². The molecule has 1 fully saturated rings. The van der Waals surface area contributed by atoms with Crippen molar-refractivity contribution in [3.8, 4) is 0 Å². The minimum Gasteiger partial charge on any atom is -0.0936 e. The van der Waals surface area contributed by atoms with Crippen LogP contribution in [-0.2, 0) is 0 Å². The van der Waals surface area contributed by atoms with Gasteiger partial charge in [-0.1, -0.05) is 63.8 Å². The summed E-state index contributed by atoms with van der Waals surface area (Å²) in [5.41, 5.74) is 1.61. The van der Waals surface area contributed by atoms with Crippen molar-refractivity contribution in [3.05, 3.63) is 35.9 Å². The molecule has 1 unspecified atom stereocenters. The first kappa shape index (κ1) is 19.7. The molecule has 1 aromatic rings. The van der Waals surface area contributed by atoms with Gasteiger partial charge >= 0.3 is 10.2 Å². The molecule has 0 spiro atoms. The Bertz CT molecular complexity index is 667.